The van der Waals surface area contributed by atoms with Crippen LogP contribution in [0.3, 0.4) is 0 Å². The van der Waals surface area contributed by atoms with Gasteiger partial charge in [0.25, 0.3) is 0 Å². The van der Waals surface area contributed by atoms with E-state index in [1.807, 2.05) is 26.0 Å². The molecule has 0 unspecified atom stereocenters. The molecule has 0 radical (unpaired) electrons. The van der Waals surface area contributed by atoms with Gasteiger partial charge in [-0.05, 0) is 37.1 Å². The number of halogens is 2. The van der Waals surface area contributed by atoms with E-state index in [1.54, 1.807) is 0 Å². The molecule has 0 aliphatic carbocycles. The molecule has 0 saturated heterocycles. The first-order valence-corrected chi connectivity index (χ1v) is 4.20. The second-order valence-corrected chi connectivity index (χ2v) is 3.58. The van der Waals surface area contributed by atoms with Gasteiger partial charge in [0.1, 0.15) is 0 Å². The maximum atomic E-state index is 5.80. The lowest BCUT2D eigenvalue weighted by Gasteiger charge is -2.01. The normalized spacial score (nSPS) is 10.0. The highest BCUT2D eigenvalue weighted by Gasteiger charge is 1.98. The zero-order valence-corrected chi connectivity index (χ0v) is 8.25. The lowest BCUT2D eigenvalue weighted by Crippen LogP contribution is -1.80. The molecule has 0 aliphatic rings. The van der Waals surface area contributed by atoms with E-state index in [1.165, 1.54) is 11.1 Å². The second kappa shape index (κ2) is 2.93. The van der Waals surface area contributed by atoms with E-state index in [9.17, 15) is 0 Å². The van der Waals surface area contributed by atoms with Crippen LogP contribution in [0.4, 0.5) is 0 Å². The quantitative estimate of drug-likeness (QED) is 0.624. The van der Waals surface area contributed by atoms with Gasteiger partial charge in [-0.1, -0.05) is 27.5 Å². The largest absolute Gasteiger partial charge is 0.0843 e. The van der Waals surface area contributed by atoms with Crippen LogP contribution < -0.4 is 0 Å². The molecule has 0 spiro atoms. The van der Waals surface area contributed by atoms with Gasteiger partial charge in [0, 0.05) is 9.50 Å². The number of hydrogen-bond donors (Lipinski definition) is 0. The Kier molecular flexibility index (Phi) is 2.37. The van der Waals surface area contributed by atoms with Crippen molar-refractivity contribution in [2.24, 2.45) is 0 Å². The molecular weight excluding hydrogens is 211 g/mol. The maximum Gasteiger partial charge on any atom is 0.0412 e. The van der Waals surface area contributed by atoms with Crippen molar-refractivity contribution in [1.82, 2.24) is 0 Å². The van der Waals surface area contributed by atoms with E-state index in [4.69, 9.17) is 11.6 Å². The summed E-state index contributed by atoms with van der Waals surface area (Å²) in [5.41, 5.74) is 2.37. The van der Waals surface area contributed by atoms with Crippen molar-refractivity contribution < 1.29 is 0 Å². The predicted octanol–water partition coefficient (Wildman–Crippen LogP) is 3.72. The average molecular weight is 220 g/mol. The molecule has 0 N–H and O–H groups in total. The van der Waals surface area contributed by atoms with Gasteiger partial charge in [-0.2, -0.15) is 0 Å². The third-order valence-electron chi connectivity index (χ3n) is 1.40. The molecule has 10 heavy (non-hydrogen) atoms. The molecule has 0 aliphatic heterocycles. The zero-order chi connectivity index (χ0) is 7.72. The van der Waals surface area contributed by atoms with E-state index in [0.717, 1.165) is 9.50 Å². The Morgan fingerprint density at radius 3 is 2.00 bits per heavy atom. The van der Waals surface area contributed by atoms with E-state index < -0.39 is 0 Å². The fourth-order valence-electron chi connectivity index (χ4n) is 0.893. The van der Waals surface area contributed by atoms with E-state index in [-0.39, 0.29) is 0 Å². The molecule has 0 saturated carbocycles. The molecule has 0 atom stereocenters. The summed E-state index contributed by atoms with van der Waals surface area (Å²) >= 11 is 9.26. The van der Waals surface area contributed by atoms with Crippen LogP contribution in [0.25, 0.3) is 0 Å². The highest BCUT2D eigenvalue weighted by atomic mass is 79.9. The van der Waals surface area contributed by atoms with Crippen molar-refractivity contribution >= 4 is 27.5 Å². The number of benzene rings is 1. The molecule has 0 fully saturated rings. The molecule has 1 rings (SSSR count). The summed E-state index contributed by atoms with van der Waals surface area (Å²) < 4.78 is 1.15. The standard InChI is InChI=1S/C8H8BrCl/c1-5-3-7(10)4-6(2)8(5)9/h3-4H,1-2H3. The summed E-state index contributed by atoms with van der Waals surface area (Å²) in [7, 11) is 0. The fourth-order valence-corrected chi connectivity index (χ4v) is 1.45. The fraction of sp³-hybridized carbons (Fsp3) is 0.250. The van der Waals surface area contributed by atoms with Crippen LogP contribution in [-0.2, 0) is 0 Å². The lowest BCUT2D eigenvalue weighted by molar-refractivity contribution is 1.34. The molecule has 0 amide bonds. The van der Waals surface area contributed by atoms with E-state index in [2.05, 4.69) is 15.9 Å². The number of rotatable bonds is 0. The van der Waals surface area contributed by atoms with Gasteiger partial charge >= 0.3 is 0 Å². The molecular formula is C8H8BrCl. The van der Waals surface area contributed by atoms with Gasteiger partial charge in [0.2, 0.25) is 0 Å². The summed E-state index contributed by atoms with van der Waals surface area (Å²) in [5.74, 6) is 0. The van der Waals surface area contributed by atoms with Crippen LogP contribution in [0.1, 0.15) is 11.1 Å². The highest BCUT2D eigenvalue weighted by molar-refractivity contribution is 9.10. The first kappa shape index (κ1) is 8.09. The Morgan fingerprint density at radius 2 is 1.60 bits per heavy atom. The molecule has 2 heteroatoms. The van der Waals surface area contributed by atoms with Crippen LogP contribution >= 0.6 is 27.5 Å². The van der Waals surface area contributed by atoms with E-state index in [0.29, 0.717) is 0 Å². The second-order valence-electron chi connectivity index (χ2n) is 2.35. The zero-order valence-electron chi connectivity index (χ0n) is 5.91. The molecule has 0 bridgehead atoms. The van der Waals surface area contributed by atoms with Crippen molar-refractivity contribution in [3.8, 4) is 0 Å². The first-order valence-electron chi connectivity index (χ1n) is 3.03. The third kappa shape index (κ3) is 1.53. The smallest absolute Gasteiger partial charge is 0.0412 e. The summed E-state index contributed by atoms with van der Waals surface area (Å²) in [5, 5.41) is 0.804. The average Bonchev–Trinajstić information content (AvgIpc) is 1.82. The molecule has 54 valence electrons. The Hall–Kier alpha value is -0.0100. The number of hydrogen-bond acceptors (Lipinski definition) is 0. The Balaban J connectivity index is 3.31. The number of aryl methyl sites for hydroxylation is 2. The van der Waals surface area contributed by atoms with Crippen LogP contribution in [0.2, 0.25) is 5.02 Å². The monoisotopic (exact) mass is 218 g/mol. The van der Waals surface area contributed by atoms with Gasteiger partial charge in [-0.25, -0.2) is 0 Å². The Bertz CT molecular complexity index is 232. The van der Waals surface area contributed by atoms with E-state index >= 15 is 0 Å². The first-order chi connectivity index (χ1) is 4.61. The van der Waals surface area contributed by atoms with Crippen LogP contribution in [0.5, 0.6) is 0 Å². The lowest BCUT2D eigenvalue weighted by atomic mass is 10.2. The minimum absolute atomic E-state index is 0.804. The summed E-state index contributed by atoms with van der Waals surface area (Å²) in [6.45, 7) is 4.06. The molecule has 1 aromatic rings. The van der Waals surface area contributed by atoms with Crippen molar-refractivity contribution in [3.63, 3.8) is 0 Å². The third-order valence-corrected chi connectivity index (χ3v) is 2.87. The minimum atomic E-state index is 0.804. The van der Waals surface area contributed by atoms with Crippen molar-refractivity contribution in [3.05, 3.63) is 32.8 Å². The Labute approximate surface area is 74.3 Å². The van der Waals surface area contributed by atoms with Gasteiger partial charge < -0.3 is 0 Å². The van der Waals surface area contributed by atoms with Crippen molar-refractivity contribution in [1.29, 1.82) is 0 Å². The topological polar surface area (TPSA) is 0 Å². The maximum absolute atomic E-state index is 5.80. The summed E-state index contributed by atoms with van der Waals surface area (Å²) in [6.07, 6.45) is 0. The van der Waals surface area contributed by atoms with Crippen LogP contribution in [0, 0.1) is 13.8 Å². The highest BCUT2D eigenvalue weighted by Crippen LogP contribution is 2.24. The molecule has 0 nitrogen and oxygen atoms in total. The van der Waals surface area contributed by atoms with Crippen LogP contribution in [0.15, 0.2) is 16.6 Å². The van der Waals surface area contributed by atoms with Gasteiger partial charge in [0.05, 0.1) is 0 Å². The van der Waals surface area contributed by atoms with Crippen molar-refractivity contribution in [2.45, 2.75) is 13.8 Å². The summed E-state index contributed by atoms with van der Waals surface area (Å²) in [4.78, 5) is 0. The van der Waals surface area contributed by atoms with Gasteiger partial charge in [-0.3, -0.25) is 0 Å². The Morgan fingerprint density at radius 1 is 1.20 bits per heavy atom. The SMILES string of the molecule is Cc1cc(Cl)cc(C)c1Br. The van der Waals surface area contributed by atoms with Crippen molar-refractivity contribution in [2.75, 3.05) is 0 Å². The predicted molar refractivity (Wildman–Crippen MR) is 48.6 cm³/mol. The van der Waals surface area contributed by atoms with Crippen LogP contribution in [-0.4, -0.2) is 0 Å². The summed E-state index contributed by atoms with van der Waals surface area (Å²) in [6, 6.07) is 3.89. The molecule has 1 aromatic carbocycles. The van der Waals surface area contributed by atoms with Gasteiger partial charge in [0.15, 0.2) is 0 Å². The van der Waals surface area contributed by atoms with Gasteiger partial charge in [-0.15, -0.1) is 0 Å². The molecule has 0 heterocycles. The minimum Gasteiger partial charge on any atom is -0.0843 e. The molecule has 0 aromatic heterocycles.